The second-order valence-corrected chi connectivity index (χ2v) is 4.34. The minimum absolute atomic E-state index is 0.261. The molecule has 1 saturated heterocycles. The molecule has 0 radical (unpaired) electrons. The number of cyclic esters (lactones) is 1. The van der Waals surface area contributed by atoms with Gasteiger partial charge in [0.15, 0.2) is 0 Å². The number of esters is 1. The van der Waals surface area contributed by atoms with Gasteiger partial charge in [0.2, 0.25) is 0 Å². The van der Waals surface area contributed by atoms with Gasteiger partial charge in [-0.1, -0.05) is 17.7 Å². The summed E-state index contributed by atoms with van der Waals surface area (Å²) >= 11 is 0. The highest BCUT2D eigenvalue weighted by atomic mass is 16.5. The molecule has 0 atom stereocenters. The number of anilines is 1. The molecular weight excluding hydrogens is 218 g/mol. The summed E-state index contributed by atoms with van der Waals surface area (Å²) in [6.45, 7) is 6.59. The average molecular weight is 233 g/mol. The van der Waals surface area contributed by atoms with Crippen LogP contribution in [0.1, 0.15) is 16.7 Å². The molecule has 1 aliphatic rings. The number of morpholine rings is 1. The van der Waals surface area contributed by atoms with Gasteiger partial charge in [-0.25, -0.2) is 4.79 Å². The molecule has 0 spiro atoms. The second-order valence-electron chi connectivity index (χ2n) is 4.34. The Bertz CT molecular complexity index is 470. The molecule has 0 aliphatic carbocycles. The van der Waals surface area contributed by atoms with Crippen molar-refractivity contribution in [3.63, 3.8) is 0 Å². The van der Waals surface area contributed by atoms with E-state index in [4.69, 9.17) is 4.74 Å². The number of benzene rings is 1. The number of aryl methyl sites for hydroxylation is 3. The van der Waals surface area contributed by atoms with Crippen molar-refractivity contribution in [3.8, 4) is 0 Å². The van der Waals surface area contributed by atoms with Crippen LogP contribution in [0.5, 0.6) is 0 Å². The Hall–Kier alpha value is -1.84. The third-order valence-electron chi connectivity index (χ3n) is 2.87. The van der Waals surface area contributed by atoms with Crippen LogP contribution in [0.2, 0.25) is 0 Å². The van der Waals surface area contributed by atoms with E-state index < -0.39 is 11.9 Å². The van der Waals surface area contributed by atoms with Crippen LogP contribution in [0.3, 0.4) is 0 Å². The lowest BCUT2D eigenvalue weighted by atomic mass is 10.0. The summed E-state index contributed by atoms with van der Waals surface area (Å²) in [6, 6.07) is 4.02. The summed E-state index contributed by atoms with van der Waals surface area (Å²) in [5.74, 6) is -1.35. The molecule has 1 aromatic carbocycles. The van der Waals surface area contributed by atoms with Gasteiger partial charge in [-0.05, 0) is 31.9 Å². The topological polar surface area (TPSA) is 46.6 Å². The summed E-state index contributed by atoms with van der Waals surface area (Å²) in [5, 5.41) is 0. The van der Waals surface area contributed by atoms with Crippen molar-refractivity contribution in [2.75, 3.05) is 18.1 Å². The molecular formula is C13H15NO3. The second kappa shape index (κ2) is 4.20. The van der Waals surface area contributed by atoms with Crippen molar-refractivity contribution in [2.45, 2.75) is 20.8 Å². The van der Waals surface area contributed by atoms with E-state index >= 15 is 0 Å². The van der Waals surface area contributed by atoms with Crippen molar-refractivity contribution in [1.29, 1.82) is 0 Å². The zero-order valence-electron chi connectivity index (χ0n) is 10.2. The van der Waals surface area contributed by atoms with Gasteiger partial charge in [-0.3, -0.25) is 9.69 Å². The van der Waals surface area contributed by atoms with E-state index in [0.29, 0.717) is 6.54 Å². The lowest BCUT2D eigenvalue weighted by Crippen LogP contribution is -2.45. The first kappa shape index (κ1) is 11.6. The standard InChI is InChI=1S/C13H15NO3/c1-8-6-9(2)11(10(3)7-8)14-4-5-17-13(16)12(14)15/h6-7H,4-5H2,1-3H3. The molecule has 1 amide bonds. The van der Waals surface area contributed by atoms with Crippen molar-refractivity contribution >= 4 is 17.6 Å². The van der Waals surface area contributed by atoms with Crippen LogP contribution >= 0.6 is 0 Å². The first-order chi connectivity index (χ1) is 8.00. The van der Waals surface area contributed by atoms with Gasteiger partial charge in [0.1, 0.15) is 6.61 Å². The molecule has 0 bridgehead atoms. The van der Waals surface area contributed by atoms with Crippen molar-refractivity contribution < 1.29 is 14.3 Å². The fourth-order valence-electron chi connectivity index (χ4n) is 2.31. The molecule has 0 N–H and O–H groups in total. The van der Waals surface area contributed by atoms with Crippen LogP contribution in [-0.4, -0.2) is 25.0 Å². The van der Waals surface area contributed by atoms with Crippen molar-refractivity contribution in [3.05, 3.63) is 28.8 Å². The van der Waals surface area contributed by atoms with Crippen LogP contribution in [0.15, 0.2) is 12.1 Å². The zero-order valence-corrected chi connectivity index (χ0v) is 10.2. The van der Waals surface area contributed by atoms with E-state index in [9.17, 15) is 9.59 Å². The van der Waals surface area contributed by atoms with Gasteiger partial charge in [-0.15, -0.1) is 0 Å². The maximum atomic E-state index is 11.8. The maximum absolute atomic E-state index is 11.8. The van der Waals surface area contributed by atoms with Crippen LogP contribution < -0.4 is 4.90 Å². The first-order valence-electron chi connectivity index (χ1n) is 5.57. The van der Waals surface area contributed by atoms with E-state index in [1.165, 1.54) is 4.90 Å². The highest BCUT2D eigenvalue weighted by Crippen LogP contribution is 2.27. The Kier molecular flexibility index (Phi) is 2.88. The van der Waals surface area contributed by atoms with E-state index in [1.807, 2.05) is 32.9 Å². The van der Waals surface area contributed by atoms with Crippen LogP contribution in [-0.2, 0) is 14.3 Å². The third kappa shape index (κ3) is 2.02. The van der Waals surface area contributed by atoms with Gasteiger partial charge in [-0.2, -0.15) is 0 Å². The molecule has 1 fully saturated rings. The number of carbonyl (C=O) groups excluding carboxylic acids is 2. The lowest BCUT2D eigenvalue weighted by Gasteiger charge is -2.28. The Balaban J connectivity index is 2.46. The van der Waals surface area contributed by atoms with E-state index in [0.717, 1.165) is 22.4 Å². The molecule has 1 aliphatic heterocycles. The molecule has 0 saturated carbocycles. The molecule has 17 heavy (non-hydrogen) atoms. The quantitative estimate of drug-likeness (QED) is 0.545. The number of rotatable bonds is 1. The number of ether oxygens (including phenoxy) is 1. The molecule has 4 heteroatoms. The normalized spacial score (nSPS) is 16.1. The highest BCUT2D eigenvalue weighted by Gasteiger charge is 2.30. The number of carbonyl (C=O) groups is 2. The summed E-state index contributed by atoms with van der Waals surface area (Å²) in [7, 11) is 0. The summed E-state index contributed by atoms with van der Waals surface area (Å²) < 4.78 is 4.72. The lowest BCUT2D eigenvalue weighted by molar-refractivity contribution is -0.156. The maximum Gasteiger partial charge on any atom is 0.397 e. The SMILES string of the molecule is Cc1cc(C)c(N2CCOC(=O)C2=O)c(C)c1. The molecule has 1 heterocycles. The minimum atomic E-state index is -0.768. The van der Waals surface area contributed by atoms with Crippen LogP contribution in [0.4, 0.5) is 5.69 Å². The summed E-state index contributed by atoms with van der Waals surface area (Å²) in [4.78, 5) is 24.5. The van der Waals surface area contributed by atoms with Gasteiger partial charge in [0.25, 0.3) is 0 Å². The predicted molar refractivity (Wildman–Crippen MR) is 64.0 cm³/mol. The van der Waals surface area contributed by atoms with Gasteiger partial charge in [0.05, 0.1) is 12.2 Å². The van der Waals surface area contributed by atoms with Crippen LogP contribution in [0.25, 0.3) is 0 Å². The van der Waals surface area contributed by atoms with E-state index in [2.05, 4.69) is 0 Å². The number of nitrogens with zero attached hydrogens (tertiary/aromatic N) is 1. The minimum Gasteiger partial charge on any atom is -0.457 e. The smallest absolute Gasteiger partial charge is 0.397 e. The Labute approximate surface area is 100 Å². The van der Waals surface area contributed by atoms with Crippen LogP contribution in [0, 0.1) is 20.8 Å². The predicted octanol–water partition coefficient (Wildman–Crippen LogP) is 1.50. The first-order valence-corrected chi connectivity index (χ1v) is 5.57. The monoisotopic (exact) mass is 233 g/mol. The van der Waals surface area contributed by atoms with Crippen molar-refractivity contribution in [1.82, 2.24) is 0 Å². The van der Waals surface area contributed by atoms with Gasteiger partial charge < -0.3 is 4.74 Å². The average Bonchev–Trinajstić information content (AvgIpc) is 2.23. The Morgan fingerprint density at radius 3 is 2.29 bits per heavy atom. The Morgan fingerprint density at radius 1 is 1.12 bits per heavy atom. The van der Waals surface area contributed by atoms with Gasteiger partial charge >= 0.3 is 11.9 Å². The summed E-state index contributed by atoms with van der Waals surface area (Å²) in [6.07, 6.45) is 0. The van der Waals surface area contributed by atoms with E-state index in [1.54, 1.807) is 0 Å². The zero-order chi connectivity index (χ0) is 12.6. The van der Waals surface area contributed by atoms with Crippen molar-refractivity contribution in [2.24, 2.45) is 0 Å². The van der Waals surface area contributed by atoms with E-state index in [-0.39, 0.29) is 6.61 Å². The highest BCUT2D eigenvalue weighted by molar-refractivity contribution is 6.38. The number of hydrogen-bond acceptors (Lipinski definition) is 3. The summed E-state index contributed by atoms with van der Waals surface area (Å²) in [5.41, 5.74) is 3.99. The molecule has 0 aromatic heterocycles. The Morgan fingerprint density at radius 2 is 1.71 bits per heavy atom. The molecule has 90 valence electrons. The number of amides is 1. The fraction of sp³-hybridized carbons (Fsp3) is 0.385. The number of hydrogen-bond donors (Lipinski definition) is 0. The van der Waals surface area contributed by atoms with Gasteiger partial charge in [0, 0.05) is 0 Å². The molecule has 2 rings (SSSR count). The fourth-order valence-corrected chi connectivity index (χ4v) is 2.31. The largest absolute Gasteiger partial charge is 0.457 e. The molecule has 4 nitrogen and oxygen atoms in total. The molecule has 1 aromatic rings. The molecule has 0 unspecified atom stereocenters. The third-order valence-corrected chi connectivity index (χ3v) is 2.87.